The smallest absolute Gasteiger partial charge is 0.270 e. The normalized spacial score (nSPS) is 14.6. The molecule has 3 aromatic rings. The second-order valence-electron chi connectivity index (χ2n) is 6.97. The highest BCUT2D eigenvalue weighted by Crippen LogP contribution is 2.39. The second kappa shape index (κ2) is 9.85. The molecule has 3 aromatic carbocycles. The van der Waals surface area contributed by atoms with E-state index < -0.39 is 4.92 Å². The van der Waals surface area contributed by atoms with Crippen LogP contribution in [0.5, 0.6) is 11.5 Å². The highest BCUT2D eigenvalue weighted by Gasteiger charge is 2.34. The van der Waals surface area contributed by atoms with Crippen LogP contribution in [-0.4, -0.2) is 22.3 Å². The number of nitro benzene ring substituents is 1. The zero-order valence-electron chi connectivity index (χ0n) is 17.5. The van der Waals surface area contributed by atoms with Crippen LogP contribution in [0.25, 0.3) is 6.08 Å². The standard InChI is InChI=1S/C24H18N2O5S2/c1-30-21-5-3-2-4-20(21)25-23(27)22(33-24(25)32)14-16-8-12-19(13-9-16)31-15-17-6-10-18(11-7-17)26(28)29/h2-14H,15H2,1H3. The number of methoxy groups -OCH3 is 1. The number of nitro groups is 1. The summed E-state index contributed by atoms with van der Waals surface area (Å²) in [4.78, 5) is 25.3. The second-order valence-corrected chi connectivity index (χ2v) is 8.65. The van der Waals surface area contributed by atoms with Crippen molar-refractivity contribution < 1.29 is 19.2 Å². The molecule has 1 fully saturated rings. The first-order chi connectivity index (χ1) is 16.0. The van der Waals surface area contributed by atoms with Gasteiger partial charge in [-0.3, -0.25) is 19.8 Å². The van der Waals surface area contributed by atoms with Gasteiger partial charge in [0.2, 0.25) is 0 Å². The molecule has 0 atom stereocenters. The first kappa shape index (κ1) is 22.5. The van der Waals surface area contributed by atoms with Crippen molar-refractivity contribution in [2.24, 2.45) is 0 Å². The molecule has 9 heteroatoms. The van der Waals surface area contributed by atoms with Crippen LogP contribution in [0.15, 0.2) is 77.7 Å². The van der Waals surface area contributed by atoms with Gasteiger partial charge in [0.25, 0.3) is 11.6 Å². The van der Waals surface area contributed by atoms with Crippen LogP contribution in [0.1, 0.15) is 11.1 Å². The number of amides is 1. The number of rotatable bonds is 7. The zero-order chi connectivity index (χ0) is 23.4. The summed E-state index contributed by atoms with van der Waals surface area (Å²) in [7, 11) is 1.55. The Labute approximate surface area is 199 Å². The molecule has 0 aromatic heterocycles. The SMILES string of the molecule is COc1ccccc1N1C(=O)C(=Cc2ccc(OCc3ccc([N+](=O)[O-])cc3)cc2)SC1=S. The zero-order valence-corrected chi connectivity index (χ0v) is 19.1. The van der Waals surface area contributed by atoms with Crippen LogP contribution < -0.4 is 14.4 Å². The minimum Gasteiger partial charge on any atom is -0.495 e. The first-order valence-electron chi connectivity index (χ1n) is 9.83. The van der Waals surface area contributed by atoms with E-state index in [9.17, 15) is 14.9 Å². The summed E-state index contributed by atoms with van der Waals surface area (Å²) in [6, 6.07) is 20.8. The Balaban J connectivity index is 1.43. The summed E-state index contributed by atoms with van der Waals surface area (Å²) < 4.78 is 11.6. The van der Waals surface area contributed by atoms with Crippen molar-refractivity contribution >= 4 is 51.7 Å². The average Bonchev–Trinajstić information content (AvgIpc) is 3.11. The molecule has 1 aliphatic heterocycles. The Morgan fingerprint density at radius 1 is 1.06 bits per heavy atom. The molecule has 1 saturated heterocycles. The highest BCUT2D eigenvalue weighted by atomic mass is 32.2. The van der Waals surface area contributed by atoms with Crippen molar-refractivity contribution in [1.82, 2.24) is 0 Å². The van der Waals surface area contributed by atoms with E-state index in [2.05, 4.69) is 0 Å². The summed E-state index contributed by atoms with van der Waals surface area (Å²) in [5.41, 5.74) is 2.31. The van der Waals surface area contributed by atoms with Gasteiger partial charge in [-0.2, -0.15) is 0 Å². The lowest BCUT2D eigenvalue weighted by Gasteiger charge is -2.17. The Morgan fingerprint density at radius 3 is 2.42 bits per heavy atom. The quantitative estimate of drug-likeness (QED) is 0.190. The number of hydrogen-bond donors (Lipinski definition) is 0. The maximum atomic E-state index is 13.0. The van der Waals surface area contributed by atoms with Crippen LogP contribution in [0.2, 0.25) is 0 Å². The molecule has 1 heterocycles. The van der Waals surface area contributed by atoms with Crippen LogP contribution in [0.4, 0.5) is 11.4 Å². The molecule has 4 rings (SSSR count). The monoisotopic (exact) mass is 478 g/mol. The summed E-state index contributed by atoms with van der Waals surface area (Å²) in [5.74, 6) is 1.02. The molecule has 0 unspecified atom stereocenters. The van der Waals surface area contributed by atoms with Crippen LogP contribution in [0, 0.1) is 10.1 Å². The van der Waals surface area contributed by atoms with E-state index in [4.69, 9.17) is 21.7 Å². The lowest BCUT2D eigenvalue weighted by molar-refractivity contribution is -0.384. The van der Waals surface area contributed by atoms with E-state index in [1.807, 2.05) is 24.3 Å². The fourth-order valence-corrected chi connectivity index (χ4v) is 4.47. The van der Waals surface area contributed by atoms with Gasteiger partial charge < -0.3 is 9.47 Å². The lowest BCUT2D eigenvalue weighted by atomic mass is 10.2. The van der Waals surface area contributed by atoms with Crippen molar-refractivity contribution in [2.45, 2.75) is 6.61 Å². The lowest BCUT2D eigenvalue weighted by Crippen LogP contribution is -2.27. The summed E-state index contributed by atoms with van der Waals surface area (Å²) in [6.45, 7) is 0.287. The van der Waals surface area contributed by atoms with E-state index in [-0.39, 0.29) is 18.2 Å². The van der Waals surface area contributed by atoms with Gasteiger partial charge in [0, 0.05) is 12.1 Å². The first-order valence-corrected chi connectivity index (χ1v) is 11.1. The number of nitrogens with zero attached hydrogens (tertiary/aromatic N) is 2. The molecule has 33 heavy (non-hydrogen) atoms. The number of non-ortho nitro benzene ring substituents is 1. The number of benzene rings is 3. The van der Waals surface area contributed by atoms with Gasteiger partial charge in [0.1, 0.15) is 18.1 Å². The third-order valence-electron chi connectivity index (χ3n) is 4.85. The maximum Gasteiger partial charge on any atom is 0.270 e. The summed E-state index contributed by atoms with van der Waals surface area (Å²) >= 11 is 6.68. The van der Waals surface area contributed by atoms with Gasteiger partial charge in [-0.1, -0.05) is 48.2 Å². The summed E-state index contributed by atoms with van der Waals surface area (Å²) in [6.07, 6.45) is 1.79. The number of carbonyl (C=O) groups excluding carboxylic acids is 1. The molecule has 1 amide bonds. The van der Waals surface area contributed by atoms with E-state index in [1.165, 1.54) is 28.8 Å². The Morgan fingerprint density at radius 2 is 1.76 bits per heavy atom. The molecule has 1 aliphatic rings. The van der Waals surface area contributed by atoms with E-state index in [1.54, 1.807) is 49.6 Å². The molecule has 0 N–H and O–H groups in total. The van der Waals surface area contributed by atoms with E-state index in [0.717, 1.165) is 11.1 Å². The molecule has 0 aliphatic carbocycles. The largest absolute Gasteiger partial charge is 0.495 e. The number of hydrogen-bond acceptors (Lipinski definition) is 7. The molecule has 166 valence electrons. The van der Waals surface area contributed by atoms with Gasteiger partial charge >= 0.3 is 0 Å². The highest BCUT2D eigenvalue weighted by molar-refractivity contribution is 8.27. The number of carbonyl (C=O) groups is 1. The molecule has 7 nitrogen and oxygen atoms in total. The van der Waals surface area contributed by atoms with E-state index in [0.29, 0.717) is 26.4 Å². The van der Waals surface area contributed by atoms with Crippen molar-refractivity contribution in [3.05, 3.63) is 98.9 Å². The number of para-hydroxylation sites is 2. The number of anilines is 1. The Hall–Kier alpha value is -3.69. The van der Waals surface area contributed by atoms with Gasteiger partial charge in [-0.25, -0.2) is 0 Å². The Kier molecular flexibility index (Phi) is 6.71. The maximum absolute atomic E-state index is 13.0. The van der Waals surface area contributed by atoms with Crippen LogP contribution in [-0.2, 0) is 11.4 Å². The van der Waals surface area contributed by atoms with Gasteiger partial charge in [0.15, 0.2) is 4.32 Å². The van der Waals surface area contributed by atoms with Crippen molar-refractivity contribution in [3.8, 4) is 11.5 Å². The number of thiocarbonyl (C=S) groups is 1. The minimum atomic E-state index is -0.437. The summed E-state index contributed by atoms with van der Waals surface area (Å²) in [5, 5.41) is 10.7. The molecule has 0 bridgehead atoms. The molecular weight excluding hydrogens is 460 g/mol. The molecule has 0 radical (unpaired) electrons. The molecular formula is C24H18N2O5S2. The van der Waals surface area contributed by atoms with Crippen LogP contribution >= 0.6 is 24.0 Å². The molecule has 0 saturated carbocycles. The predicted octanol–water partition coefficient (Wildman–Crippen LogP) is 5.59. The average molecular weight is 479 g/mol. The predicted molar refractivity (Wildman–Crippen MR) is 133 cm³/mol. The van der Waals surface area contributed by atoms with Gasteiger partial charge in [0.05, 0.1) is 22.6 Å². The van der Waals surface area contributed by atoms with Crippen molar-refractivity contribution in [1.29, 1.82) is 0 Å². The van der Waals surface area contributed by atoms with Crippen LogP contribution in [0.3, 0.4) is 0 Å². The molecule has 0 spiro atoms. The fourth-order valence-electron chi connectivity index (χ4n) is 3.18. The number of ether oxygens (including phenoxy) is 2. The third kappa shape index (κ3) is 5.05. The minimum absolute atomic E-state index is 0.0409. The Bertz CT molecular complexity index is 1240. The third-order valence-corrected chi connectivity index (χ3v) is 6.15. The number of thioether (sulfide) groups is 1. The fraction of sp³-hybridized carbons (Fsp3) is 0.0833. The van der Waals surface area contributed by atoms with Gasteiger partial charge in [-0.05, 0) is 53.6 Å². The van der Waals surface area contributed by atoms with Crippen molar-refractivity contribution in [2.75, 3.05) is 12.0 Å². The van der Waals surface area contributed by atoms with Crippen molar-refractivity contribution in [3.63, 3.8) is 0 Å². The van der Waals surface area contributed by atoms with E-state index >= 15 is 0 Å². The topological polar surface area (TPSA) is 81.9 Å². The van der Waals surface area contributed by atoms with Gasteiger partial charge in [-0.15, -0.1) is 0 Å².